The molecule has 1 amide bonds. The molecule has 0 aliphatic heterocycles. The zero-order chi connectivity index (χ0) is 21.3. The largest absolute Gasteiger partial charge is 0.483 e. The Hall–Kier alpha value is -3.87. The maximum atomic E-state index is 14.1. The lowest BCUT2D eigenvalue weighted by Crippen LogP contribution is -2.20. The highest BCUT2D eigenvalue weighted by Crippen LogP contribution is 2.37. The summed E-state index contributed by atoms with van der Waals surface area (Å²) in [6, 6.07) is 16.2. The van der Waals surface area contributed by atoms with Crippen LogP contribution in [-0.2, 0) is 4.79 Å². The van der Waals surface area contributed by atoms with Crippen molar-refractivity contribution in [2.75, 3.05) is 11.9 Å². The molecular formula is C23H21FN4O2. The van der Waals surface area contributed by atoms with Gasteiger partial charge >= 0.3 is 0 Å². The number of primary amides is 1. The summed E-state index contributed by atoms with van der Waals surface area (Å²) in [5.41, 5.74) is 10.1. The standard InChI is InChI=1S/C23H21FN4O2/c1-14-6-5-7-15(2)21(14)27-23-22(26-20-11-10-16(24)12-28(20)23)17-8-3-4-9-18(17)30-13-19(25)29/h3-12,27H,13H2,1-2H3,(H2,25,29). The van der Waals surface area contributed by atoms with E-state index in [4.69, 9.17) is 15.5 Å². The molecule has 0 aliphatic carbocycles. The first kappa shape index (κ1) is 19.4. The predicted molar refractivity (Wildman–Crippen MR) is 114 cm³/mol. The molecular weight excluding hydrogens is 383 g/mol. The SMILES string of the molecule is Cc1cccc(C)c1Nc1c(-c2ccccc2OCC(N)=O)nc2ccc(F)cn12. The summed E-state index contributed by atoms with van der Waals surface area (Å²) in [6.07, 6.45) is 1.38. The van der Waals surface area contributed by atoms with Crippen molar-refractivity contribution in [1.82, 2.24) is 9.38 Å². The highest BCUT2D eigenvalue weighted by molar-refractivity contribution is 5.84. The van der Waals surface area contributed by atoms with Gasteiger partial charge in [-0.1, -0.05) is 30.3 Å². The van der Waals surface area contributed by atoms with E-state index in [0.717, 1.165) is 16.8 Å². The van der Waals surface area contributed by atoms with Crippen LogP contribution in [0.15, 0.2) is 60.8 Å². The van der Waals surface area contributed by atoms with Crippen LogP contribution < -0.4 is 15.8 Å². The Kier molecular flexibility index (Phi) is 5.10. The minimum Gasteiger partial charge on any atom is -0.483 e. The number of fused-ring (bicyclic) bond motifs is 1. The van der Waals surface area contributed by atoms with E-state index < -0.39 is 5.91 Å². The molecule has 7 heteroatoms. The van der Waals surface area contributed by atoms with Gasteiger partial charge in [-0.05, 0) is 49.2 Å². The Morgan fingerprint density at radius 1 is 1.10 bits per heavy atom. The molecule has 30 heavy (non-hydrogen) atoms. The fourth-order valence-corrected chi connectivity index (χ4v) is 3.39. The van der Waals surface area contributed by atoms with E-state index in [2.05, 4.69) is 5.32 Å². The Morgan fingerprint density at radius 2 is 1.83 bits per heavy atom. The van der Waals surface area contributed by atoms with Crippen LogP contribution in [0.25, 0.3) is 16.9 Å². The number of carbonyl (C=O) groups excluding carboxylic acids is 1. The van der Waals surface area contributed by atoms with Crippen LogP contribution in [0.3, 0.4) is 0 Å². The highest BCUT2D eigenvalue weighted by Gasteiger charge is 2.19. The summed E-state index contributed by atoms with van der Waals surface area (Å²) in [5.74, 6) is 0.104. The van der Waals surface area contributed by atoms with Crippen LogP contribution in [0.1, 0.15) is 11.1 Å². The van der Waals surface area contributed by atoms with Gasteiger partial charge in [-0.2, -0.15) is 0 Å². The molecule has 0 unspecified atom stereocenters. The fourth-order valence-electron chi connectivity index (χ4n) is 3.39. The number of aromatic nitrogens is 2. The van der Waals surface area contributed by atoms with Gasteiger partial charge < -0.3 is 15.8 Å². The molecule has 2 aromatic carbocycles. The predicted octanol–water partition coefficient (Wildman–Crippen LogP) is 4.36. The molecule has 0 spiro atoms. The number of nitrogens with two attached hydrogens (primary N) is 1. The summed E-state index contributed by atoms with van der Waals surface area (Å²) in [7, 11) is 0. The Labute approximate surface area is 173 Å². The number of pyridine rings is 1. The highest BCUT2D eigenvalue weighted by atomic mass is 19.1. The van der Waals surface area contributed by atoms with Crippen molar-refractivity contribution in [2.45, 2.75) is 13.8 Å². The molecule has 152 valence electrons. The summed E-state index contributed by atoms with van der Waals surface area (Å²) in [4.78, 5) is 15.9. The molecule has 0 saturated carbocycles. The average Bonchev–Trinajstić information content (AvgIpc) is 3.07. The second-order valence-electron chi connectivity index (χ2n) is 7.03. The molecule has 2 heterocycles. The van der Waals surface area contributed by atoms with Crippen molar-refractivity contribution in [2.24, 2.45) is 5.73 Å². The number of benzene rings is 2. The lowest BCUT2D eigenvalue weighted by atomic mass is 10.1. The third kappa shape index (κ3) is 3.69. The van der Waals surface area contributed by atoms with Crippen molar-refractivity contribution in [3.8, 4) is 17.0 Å². The fraction of sp³-hybridized carbons (Fsp3) is 0.130. The average molecular weight is 404 g/mol. The van der Waals surface area contributed by atoms with Crippen LogP contribution in [-0.4, -0.2) is 21.9 Å². The molecule has 0 aliphatic rings. The normalized spacial score (nSPS) is 10.9. The summed E-state index contributed by atoms with van der Waals surface area (Å²) >= 11 is 0. The monoisotopic (exact) mass is 404 g/mol. The van der Waals surface area contributed by atoms with Gasteiger partial charge in [0.25, 0.3) is 5.91 Å². The van der Waals surface area contributed by atoms with Gasteiger partial charge in [-0.15, -0.1) is 0 Å². The number of carbonyl (C=O) groups is 1. The van der Waals surface area contributed by atoms with Gasteiger partial charge in [0.2, 0.25) is 0 Å². The van der Waals surface area contributed by atoms with Crippen molar-refractivity contribution in [1.29, 1.82) is 0 Å². The van der Waals surface area contributed by atoms with E-state index in [-0.39, 0.29) is 12.4 Å². The van der Waals surface area contributed by atoms with Gasteiger partial charge in [0.15, 0.2) is 6.61 Å². The quantitative estimate of drug-likeness (QED) is 0.500. The molecule has 0 bridgehead atoms. The number of halogens is 1. The Balaban J connectivity index is 1.91. The minimum atomic E-state index is -0.573. The van der Waals surface area contributed by atoms with Crippen LogP contribution in [0.5, 0.6) is 5.75 Å². The number of amides is 1. The number of nitrogens with one attached hydrogen (secondary N) is 1. The van der Waals surface area contributed by atoms with E-state index in [0.29, 0.717) is 28.5 Å². The zero-order valence-electron chi connectivity index (χ0n) is 16.6. The Morgan fingerprint density at radius 3 is 2.57 bits per heavy atom. The smallest absolute Gasteiger partial charge is 0.255 e. The number of nitrogens with zero attached hydrogens (tertiary/aromatic N) is 2. The third-order valence-corrected chi connectivity index (χ3v) is 4.82. The van der Waals surface area contributed by atoms with E-state index in [1.165, 1.54) is 12.3 Å². The molecule has 0 radical (unpaired) electrons. The second-order valence-corrected chi connectivity index (χ2v) is 7.03. The number of para-hydroxylation sites is 2. The van der Waals surface area contributed by atoms with Crippen LogP contribution in [0.4, 0.5) is 15.9 Å². The second kappa shape index (κ2) is 7.87. The van der Waals surface area contributed by atoms with E-state index in [1.807, 2.05) is 44.2 Å². The van der Waals surface area contributed by atoms with Gasteiger partial charge in [0, 0.05) is 17.4 Å². The number of imidazole rings is 1. The third-order valence-electron chi connectivity index (χ3n) is 4.82. The number of aryl methyl sites for hydroxylation is 2. The minimum absolute atomic E-state index is 0.251. The maximum absolute atomic E-state index is 14.1. The molecule has 0 saturated heterocycles. The summed E-state index contributed by atoms with van der Waals surface area (Å²) < 4.78 is 21.3. The first-order valence-electron chi connectivity index (χ1n) is 9.45. The molecule has 0 fully saturated rings. The van der Waals surface area contributed by atoms with E-state index >= 15 is 0 Å². The van der Waals surface area contributed by atoms with Crippen molar-refractivity contribution in [3.05, 3.63) is 77.7 Å². The molecule has 4 rings (SSSR count). The van der Waals surface area contributed by atoms with Gasteiger partial charge in [0.05, 0.1) is 0 Å². The summed E-state index contributed by atoms with van der Waals surface area (Å²) in [5, 5.41) is 3.44. The number of anilines is 2. The van der Waals surface area contributed by atoms with Crippen molar-refractivity contribution < 1.29 is 13.9 Å². The Bertz CT molecular complexity index is 1230. The lowest BCUT2D eigenvalue weighted by molar-refractivity contribution is -0.119. The lowest BCUT2D eigenvalue weighted by Gasteiger charge is -2.15. The van der Waals surface area contributed by atoms with Crippen LogP contribution in [0, 0.1) is 19.7 Å². The van der Waals surface area contributed by atoms with Crippen molar-refractivity contribution >= 4 is 23.1 Å². The van der Waals surface area contributed by atoms with Crippen LogP contribution in [0.2, 0.25) is 0 Å². The van der Waals surface area contributed by atoms with Crippen LogP contribution >= 0.6 is 0 Å². The molecule has 3 N–H and O–H groups in total. The van der Waals surface area contributed by atoms with Crippen molar-refractivity contribution in [3.63, 3.8) is 0 Å². The molecule has 6 nitrogen and oxygen atoms in total. The number of ether oxygens (including phenoxy) is 1. The van der Waals surface area contributed by atoms with Gasteiger partial charge in [-0.25, -0.2) is 9.37 Å². The number of hydrogen-bond acceptors (Lipinski definition) is 4. The van der Waals surface area contributed by atoms with E-state index in [9.17, 15) is 9.18 Å². The molecule has 0 atom stereocenters. The number of hydrogen-bond donors (Lipinski definition) is 2. The number of rotatable bonds is 6. The first-order valence-corrected chi connectivity index (χ1v) is 9.45. The van der Waals surface area contributed by atoms with Gasteiger partial charge in [-0.3, -0.25) is 9.20 Å². The first-order chi connectivity index (χ1) is 14.4. The van der Waals surface area contributed by atoms with Gasteiger partial charge in [0.1, 0.15) is 28.7 Å². The zero-order valence-corrected chi connectivity index (χ0v) is 16.6. The molecule has 4 aromatic rings. The maximum Gasteiger partial charge on any atom is 0.255 e. The molecule has 2 aromatic heterocycles. The topological polar surface area (TPSA) is 81.6 Å². The summed E-state index contributed by atoms with van der Waals surface area (Å²) in [6.45, 7) is 3.75. The van der Waals surface area contributed by atoms with E-state index in [1.54, 1.807) is 22.6 Å².